The van der Waals surface area contributed by atoms with Gasteiger partial charge in [0, 0.05) is 5.41 Å². The highest BCUT2D eigenvalue weighted by Gasteiger charge is 2.45. The van der Waals surface area contributed by atoms with E-state index in [-0.39, 0.29) is 5.41 Å². The summed E-state index contributed by atoms with van der Waals surface area (Å²) in [5.74, 6) is 1.57. The molecular formula is C69H66. The molecule has 0 heterocycles. The van der Waals surface area contributed by atoms with Crippen molar-refractivity contribution in [3.05, 3.63) is 284 Å². The van der Waals surface area contributed by atoms with Crippen molar-refractivity contribution in [3.8, 4) is 11.1 Å². The first-order chi connectivity index (χ1) is 33.6. The van der Waals surface area contributed by atoms with E-state index in [1.54, 1.807) is 11.1 Å². The Balaban J connectivity index is 0.000000121. The largest absolute Gasteiger partial charge is 0.0870 e. The summed E-state index contributed by atoms with van der Waals surface area (Å²) in [5.41, 5.74) is 27.0. The van der Waals surface area contributed by atoms with Gasteiger partial charge in [-0.3, -0.25) is 0 Å². The average Bonchev–Trinajstić information content (AvgIpc) is 4.15. The lowest BCUT2D eigenvalue weighted by Gasteiger charge is -2.29. The molecule has 1 fully saturated rings. The lowest BCUT2D eigenvalue weighted by molar-refractivity contribution is 0.713. The summed E-state index contributed by atoms with van der Waals surface area (Å²) >= 11 is 0. The zero-order valence-electron chi connectivity index (χ0n) is 41.7. The summed E-state index contributed by atoms with van der Waals surface area (Å²) < 4.78 is 0. The summed E-state index contributed by atoms with van der Waals surface area (Å²) in [6.45, 7) is 15.7. The van der Waals surface area contributed by atoms with Crippen LogP contribution in [-0.4, -0.2) is 0 Å². The van der Waals surface area contributed by atoms with Crippen molar-refractivity contribution in [3.63, 3.8) is 0 Å². The maximum absolute atomic E-state index is 2.46. The summed E-state index contributed by atoms with van der Waals surface area (Å²) in [6.07, 6.45) is 14.8. The van der Waals surface area contributed by atoms with Gasteiger partial charge < -0.3 is 0 Å². The van der Waals surface area contributed by atoms with Gasteiger partial charge in [-0.05, 0) is 192 Å². The Morgan fingerprint density at radius 2 is 1.14 bits per heavy atom. The van der Waals surface area contributed by atoms with Crippen LogP contribution in [0.3, 0.4) is 0 Å². The van der Waals surface area contributed by atoms with E-state index in [9.17, 15) is 0 Å². The molecule has 0 radical (unpaired) electrons. The van der Waals surface area contributed by atoms with E-state index in [2.05, 4.69) is 249 Å². The third kappa shape index (κ3) is 9.06. The third-order valence-corrected chi connectivity index (χ3v) is 15.5. The summed E-state index contributed by atoms with van der Waals surface area (Å²) in [7, 11) is 0. The molecular weight excluding hydrogens is 829 g/mol. The second kappa shape index (κ2) is 19.5. The van der Waals surface area contributed by atoms with Crippen molar-refractivity contribution in [2.24, 2.45) is 5.92 Å². The molecule has 0 aliphatic heterocycles. The predicted octanol–water partition coefficient (Wildman–Crippen LogP) is 18.2. The van der Waals surface area contributed by atoms with Crippen LogP contribution in [0.1, 0.15) is 125 Å². The van der Waals surface area contributed by atoms with E-state index < -0.39 is 0 Å². The molecule has 8 aromatic rings. The molecule has 0 saturated heterocycles. The Hall–Kier alpha value is -7.02. The molecule has 0 heteroatoms. The molecule has 0 nitrogen and oxygen atoms in total. The number of aryl methyl sites for hydroxylation is 3. The SMILES string of the molecule is C/C=C\C1=C(C)C2CC2c2cc(Cc3ccccc3)ccc21.CC1=C(c2ccc(Cc3ccccc3)cc2C)C=CCC1.Cc1ccc2c(c1)C(C)(c1ccccc1)c1cc(C)c3ccccc3c1-2. The standard InChI is InChI=1S/C26H22.C22H22.C21H22/c1-17-13-14-22-23(15-17)26(3,19-9-5-4-6-10-19)24-16-18(2)20-11-7-8-12-21(20)25(22)24;1-3-7-18-15(2)20-14-22(20)21-13-17(10-11-19(18)21)12-16-8-5-4-6-9-16;1-16-8-6-7-11-20(16)21-13-12-19(14-17(21)2)15-18-9-4-3-5-10-18/h4-16H,1-3H3;3-11,13,20,22H,12,14H2,1-2H3;3-5,7,9-14H,6,8,15H2,1-2H3/b;7-3-;. The molecule has 12 rings (SSSR count). The van der Waals surface area contributed by atoms with Crippen molar-refractivity contribution in [1.29, 1.82) is 0 Å². The van der Waals surface area contributed by atoms with Crippen LogP contribution in [0.25, 0.3) is 33.0 Å². The van der Waals surface area contributed by atoms with Gasteiger partial charge in [-0.25, -0.2) is 0 Å². The summed E-state index contributed by atoms with van der Waals surface area (Å²) in [6, 6.07) is 64.6. The van der Waals surface area contributed by atoms with Gasteiger partial charge >= 0.3 is 0 Å². The minimum atomic E-state index is -0.118. The Morgan fingerprint density at radius 3 is 1.80 bits per heavy atom. The third-order valence-electron chi connectivity index (χ3n) is 15.5. The van der Waals surface area contributed by atoms with Crippen molar-refractivity contribution in [2.45, 2.75) is 91.9 Å². The van der Waals surface area contributed by atoms with Gasteiger partial charge in [0.15, 0.2) is 0 Å². The fraction of sp³-hybridized carbons (Fsp3) is 0.217. The van der Waals surface area contributed by atoms with Crippen LogP contribution >= 0.6 is 0 Å². The first-order valence-corrected chi connectivity index (χ1v) is 25.3. The lowest BCUT2D eigenvalue weighted by Crippen LogP contribution is -2.22. The maximum Gasteiger partial charge on any atom is 0.0435 e. The Labute approximate surface area is 412 Å². The lowest BCUT2D eigenvalue weighted by atomic mass is 9.73. The monoisotopic (exact) mass is 895 g/mol. The van der Waals surface area contributed by atoms with E-state index in [1.807, 2.05) is 0 Å². The highest BCUT2D eigenvalue weighted by molar-refractivity contribution is 6.04. The zero-order valence-corrected chi connectivity index (χ0v) is 41.7. The van der Waals surface area contributed by atoms with Gasteiger partial charge in [-0.15, -0.1) is 0 Å². The van der Waals surface area contributed by atoms with Gasteiger partial charge in [0.25, 0.3) is 0 Å². The van der Waals surface area contributed by atoms with Crippen LogP contribution in [0.4, 0.5) is 0 Å². The fourth-order valence-corrected chi connectivity index (χ4v) is 11.7. The molecule has 3 atom stereocenters. The van der Waals surface area contributed by atoms with Gasteiger partial charge in [0.05, 0.1) is 0 Å². The number of benzene rings is 8. The van der Waals surface area contributed by atoms with Crippen LogP contribution in [0.2, 0.25) is 0 Å². The van der Waals surface area contributed by atoms with E-state index >= 15 is 0 Å². The van der Waals surface area contributed by atoms with Crippen molar-refractivity contribution >= 4 is 21.9 Å². The molecule has 0 amide bonds. The molecule has 342 valence electrons. The topological polar surface area (TPSA) is 0 Å². The van der Waals surface area contributed by atoms with Gasteiger partial charge in [-0.2, -0.15) is 0 Å². The van der Waals surface area contributed by atoms with Gasteiger partial charge in [-0.1, -0.05) is 217 Å². The first kappa shape index (κ1) is 45.7. The second-order valence-electron chi connectivity index (χ2n) is 20.3. The van der Waals surface area contributed by atoms with Crippen LogP contribution in [0.15, 0.2) is 211 Å². The highest BCUT2D eigenvalue weighted by Crippen LogP contribution is 2.59. The minimum absolute atomic E-state index is 0.118. The summed E-state index contributed by atoms with van der Waals surface area (Å²) in [5, 5.41) is 2.72. The first-order valence-electron chi connectivity index (χ1n) is 25.3. The van der Waals surface area contributed by atoms with Crippen molar-refractivity contribution in [1.82, 2.24) is 0 Å². The van der Waals surface area contributed by atoms with Crippen LogP contribution < -0.4 is 0 Å². The van der Waals surface area contributed by atoms with E-state index in [0.717, 1.165) is 24.7 Å². The molecule has 0 spiro atoms. The quantitative estimate of drug-likeness (QED) is 0.150. The molecule has 8 aromatic carbocycles. The molecule has 0 N–H and O–H groups in total. The Bertz CT molecular complexity index is 3300. The smallest absolute Gasteiger partial charge is 0.0435 e. The second-order valence-corrected chi connectivity index (χ2v) is 20.3. The van der Waals surface area contributed by atoms with Gasteiger partial charge in [0.1, 0.15) is 0 Å². The number of fused-ring (bicyclic) bond motifs is 8. The van der Waals surface area contributed by atoms with E-state index in [1.165, 1.54) is 125 Å². The maximum atomic E-state index is 2.46. The fourth-order valence-electron chi connectivity index (χ4n) is 11.7. The number of hydrogen-bond acceptors (Lipinski definition) is 0. The van der Waals surface area contributed by atoms with Crippen molar-refractivity contribution in [2.75, 3.05) is 0 Å². The highest BCUT2D eigenvalue weighted by atomic mass is 14.5. The molecule has 3 unspecified atom stereocenters. The summed E-state index contributed by atoms with van der Waals surface area (Å²) in [4.78, 5) is 0. The molecule has 4 aliphatic rings. The van der Waals surface area contributed by atoms with Crippen LogP contribution in [-0.2, 0) is 18.3 Å². The van der Waals surface area contributed by atoms with E-state index in [0.29, 0.717) is 0 Å². The number of hydrogen-bond donors (Lipinski definition) is 0. The van der Waals surface area contributed by atoms with Gasteiger partial charge in [0.2, 0.25) is 0 Å². The van der Waals surface area contributed by atoms with Crippen LogP contribution in [0.5, 0.6) is 0 Å². The molecule has 1 saturated carbocycles. The number of allylic oxidation sites excluding steroid dienone is 8. The van der Waals surface area contributed by atoms with Crippen LogP contribution in [0, 0.1) is 26.7 Å². The normalized spacial score (nSPS) is 18.4. The Morgan fingerprint density at radius 1 is 0.536 bits per heavy atom. The zero-order chi connectivity index (χ0) is 47.6. The molecule has 69 heavy (non-hydrogen) atoms. The molecule has 4 aliphatic carbocycles. The molecule has 0 aromatic heterocycles. The predicted molar refractivity (Wildman–Crippen MR) is 296 cm³/mol. The molecule has 0 bridgehead atoms. The minimum Gasteiger partial charge on any atom is -0.0870 e. The number of rotatable bonds is 7. The average molecular weight is 895 g/mol. The van der Waals surface area contributed by atoms with E-state index in [4.69, 9.17) is 0 Å². The Kier molecular flexibility index (Phi) is 12.9. The van der Waals surface area contributed by atoms with Crippen molar-refractivity contribution < 1.29 is 0 Å².